The van der Waals surface area contributed by atoms with Crippen molar-refractivity contribution >= 4 is 5.91 Å². The van der Waals surface area contributed by atoms with E-state index in [4.69, 9.17) is 9.47 Å². The molecule has 2 aromatic rings. The van der Waals surface area contributed by atoms with Gasteiger partial charge in [-0.2, -0.15) is 0 Å². The van der Waals surface area contributed by atoms with Crippen LogP contribution < -0.4 is 4.74 Å². The Balaban J connectivity index is 1.52. The molecule has 2 aliphatic heterocycles. The van der Waals surface area contributed by atoms with Crippen LogP contribution in [0.2, 0.25) is 0 Å². The van der Waals surface area contributed by atoms with Gasteiger partial charge in [-0.3, -0.25) is 4.79 Å². The van der Waals surface area contributed by atoms with Gasteiger partial charge in [0.05, 0.1) is 37.3 Å². The van der Waals surface area contributed by atoms with E-state index in [9.17, 15) is 4.79 Å². The van der Waals surface area contributed by atoms with Crippen LogP contribution in [0.1, 0.15) is 35.4 Å². The van der Waals surface area contributed by atoms with Gasteiger partial charge >= 0.3 is 0 Å². The lowest BCUT2D eigenvalue weighted by Gasteiger charge is -2.41. The molecule has 8 nitrogen and oxygen atoms in total. The lowest BCUT2D eigenvalue weighted by molar-refractivity contribution is -0.0628. The van der Waals surface area contributed by atoms with Crippen molar-refractivity contribution < 1.29 is 14.3 Å². The Morgan fingerprint density at radius 3 is 3.29 bits per heavy atom. The zero-order valence-electron chi connectivity index (χ0n) is 13.5. The molecule has 0 N–H and O–H groups in total. The van der Waals surface area contributed by atoms with Gasteiger partial charge in [0, 0.05) is 19.3 Å². The monoisotopic (exact) mass is 329 g/mol. The van der Waals surface area contributed by atoms with Crippen LogP contribution in [-0.4, -0.2) is 56.6 Å². The first-order chi connectivity index (χ1) is 11.8. The summed E-state index contributed by atoms with van der Waals surface area (Å²) in [6, 6.07) is 3.64. The largest absolute Gasteiger partial charge is 0.477 e. The number of hydrogen-bond donors (Lipinski definition) is 0. The highest BCUT2D eigenvalue weighted by atomic mass is 16.5. The topological polar surface area (TPSA) is 82.4 Å². The minimum Gasteiger partial charge on any atom is -0.477 e. The molecule has 4 heterocycles. The van der Waals surface area contributed by atoms with Crippen LogP contribution in [-0.2, 0) is 11.3 Å². The van der Waals surface area contributed by atoms with Gasteiger partial charge in [0.25, 0.3) is 5.91 Å². The SMILES string of the molecule is CCOc1ncccc1C(=O)N1CC[C@@H]2[C@@H](C1)OCc1cnnn12. The van der Waals surface area contributed by atoms with Crippen LogP contribution in [0.15, 0.2) is 24.5 Å². The highest BCUT2D eigenvalue weighted by Crippen LogP contribution is 2.31. The fourth-order valence-corrected chi connectivity index (χ4v) is 3.35. The van der Waals surface area contributed by atoms with E-state index in [-0.39, 0.29) is 18.1 Å². The molecule has 0 bridgehead atoms. The van der Waals surface area contributed by atoms with E-state index in [0.29, 0.717) is 37.7 Å². The number of aromatic nitrogens is 4. The molecule has 2 aliphatic rings. The summed E-state index contributed by atoms with van der Waals surface area (Å²) in [4.78, 5) is 18.9. The zero-order valence-corrected chi connectivity index (χ0v) is 13.5. The lowest BCUT2D eigenvalue weighted by atomic mass is 9.99. The van der Waals surface area contributed by atoms with Crippen LogP contribution in [0.5, 0.6) is 5.88 Å². The molecule has 0 spiro atoms. The number of piperidine rings is 1. The second-order valence-electron chi connectivity index (χ2n) is 5.92. The molecule has 4 rings (SSSR count). The summed E-state index contributed by atoms with van der Waals surface area (Å²) in [5.41, 5.74) is 1.48. The minimum absolute atomic E-state index is 0.0656. The Kier molecular flexibility index (Phi) is 3.89. The molecule has 0 radical (unpaired) electrons. The smallest absolute Gasteiger partial charge is 0.259 e. The molecular weight excluding hydrogens is 310 g/mol. The predicted octanol–water partition coefficient (Wildman–Crippen LogP) is 1.06. The highest BCUT2D eigenvalue weighted by molar-refractivity contribution is 5.96. The Bertz CT molecular complexity index is 747. The van der Waals surface area contributed by atoms with E-state index < -0.39 is 0 Å². The van der Waals surface area contributed by atoms with Crippen molar-refractivity contribution in [2.24, 2.45) is 0 Å². The minimum atomic E-state index is -0.0713. The maximum atomic E-state index is 12.9. The molecule has 0 aliphatic carbocycles. The number of amides is 1. The molecule has 0 unspecified atom stereocenters. The third-order valence-corrected chi connectivity index (χ3v) is 4.50. The number of carbonyl (C=O) groups excluding carboxylic acids is 1. The van der Waals surface area contributed by atoms with E-state index in [2.05, 4.69) is 15.3 Å². The van der Waals surface area contributed by atoms with Gasteiger partial charge in [-0.1, -0.05) is 5.21 Å². The van der Waals surface area contributed by atoms with Crippen molar-refractivity contribution in [3.05, 3.63) is 35.8 Å². The third kappa shape index (κ3) is 2.52. The Morgan fingerprint density at radius 2 is 2.42 bits per heavy atom. The summed E-state index contributed by atoms with van der Waals surface area (Å²) in [5.74, 6) is 0.313. The first kappa shape index (κ1) is 15.1. The lowest BCUT2D eigenvalue weighted by Crippen LogP contribution is -2.50. The van der Waals surface area contributed by atoms with Crippen molar-refractivity contribution in [2.45, 2.75) is 32.1 Å². The fraction of sp³-hybridized carbons (Fsp3) is 0.500. The summed E-state index contributed by atoms with van der Waals surface area (Å²) >= 11 is 0. The molecular formula is C16H19N5O3. The Labute approximate surface area is 139 Å². The number of pyridine rings is 1. The first-order valence-corrected chi connectivity index (χ1v) is 8.15. The van der Waals surface area contributed by atoms with E-state index in [1.807, 2.05) is 16.5 Å². The predicted molar refractivity (Wildman–Crippen MR) is 83.6 cm³/mol. The second kappa shape index (κ2) is 6.20. The van der Waals surface area contributed by atoms with E-state index in [0.717, 1.165) is 12.1 Å². The average Bonchev–Trinajstić information content (AvgIpc) is 3.10. The molecule has 0 aromatic carbocycles. The molecule has 126 valence electrons. The molecule has 0 saturated carbocycles. The molecule has 1 amide bonds. The third-order valence-electron chi connectivity index (χ3n) is 4.50. The number of hydrogen-bond acceptors (Lipinski definition) is 6. The summed E-state index contributed by atoms with van der Waals surface area (Å²) in [7, 11) is 0. The van der Waals surface area contributed by atoms with Crippen LogP contribution >= 0.6 is 0 Å². The van der Waals surface area contributed by atoms with Gasteiger partial charge in [-0.15, -0.1) is 5.10 Å². The van der Waals surface area contributed by atoms with Crippen LogP contribution in [0.25, 0.3) is 0 Å². The molecule has 8 heteroatoms. The summed E-state index contributed by atoms with van der Waals surface area (Å²) in [5, 5.41) is 8.12. The number of carbonyl (C=O) groups is 1. The second-order valence-corrected chi connectivity index (χ2v) is 5.92. The van der Waals surface area contributed by atoms with Crippen molar-refractivity contribution in [2.75, 3.05) is 19.7 Å². The van der Waals surface area contributed by atoms with Gasteiger partial charge in [0.15, 0.2) is 0 Å². The molecule has 2 aromatic heterocycles. The maximum absolute atomic E-state index is 12.9. The molecule has 1 fully saturated rings. The standard InChI is InChI=1S/C16H19N5O3/c1-2-23-15-12(4-3-6-17-15)16(22)20-7-5-13-14(9-20)24-10-11-8-18-19-21(11)13/h3-4,6,8,13-14H,2,5,7,9-10H2,1H3/t13-,14-/m1/s1. The van der Waals surface area contributed by atoms with Gasteiger partial charge in [0.1, 0.15) is 5.56 Å². The number of ether oxygens (including phenoxy) is 2. The van der Waals surface area contributed by atoms with Gasteiger partial charge in [-0.25, -0.2) is 9.67 Å². The Hall–Kier alpha value is -2.48. The summed E-state index contributed by atoms with van der Waals surface area (Å²) < 4.78 is 13.3. The fourth-order valence-electron chi connectivity index (χ4n) is 3.35. The molecule has 1 saturated heterocycles. The molecule has 24 heavy (non-hydrogen) atoms. The summed E-state index contributed by atoms with van der Waals surface area (Å²) in [6.07, 6.45) is 4.09. The molecule has 2 atom stereocenters. The van der Waals surface area contributed by atoms with Crippen LogP contribution in [0, 0.1) is 0 Å². The number of nitrogens with zero attached hydrogens (tertiary/aromatic N) is 5. The highest BCUT2D eigenvalue weighted by Gasteiger charge is 2.38. The van der Waals surface area contributed by atoms with E-state index >= 15 is 0 Å². The first-order valence-electron chi connectivity index (χ1n) is 8.15. The van der Waals surface area contributed by atoms with Gasteiger partial charge < -0.3 is 14.4 Å². The Morgan fingerprint density at radius 1 is 1.50 bits per heavy atom. The number of likely N-dealkylation sites (tertiary alicyclic amines) is 1. The normalized spacial score (nSPS) is 22.6. The zero-order chi connectivity index (χ0) is 16.5. The van der Waals surface area contributed by atoms with E-state index in [1.54, 1.807) is 24.5 Å². The van der Waals surface area contributed by atoms with E-state index in [1.165, 1.54) is 0 Å². The van der Waals surface area contributed by atoms with Gasteiger partial charge in [-0.05, 0) is 25.5 Å². The van der Waals surface area contributed by atoms with Crippen molar-refractivity contribution in [3.63, 3.8) is 0 Å². The number of fused-ring (bicyclic) bond motifs is 3. The average molecular weight is 329 g/mol. The van der Waals surface area contributed by atoms with Crippen molar-refractivity contribution in [1.82, 2.24) is 24.9 Å². The quantitative estimate of drug-likeness (QED) is 0.837. The summed E-state index contributed by atoms with van der Waals surface area (Å²) in [6.45, 7) is 4.00. The van der Waals surface area contributed by atoms with Crippen molar-refractivity contribution in [1.29, 1.82) is 0 Å². The maximum Gasteiger partial charge on any atom is 0.259 e. The van der Waals surface area contributed by atoms with Crippen LogP contribution in [0.4, 0.5) is 0 Å². The van der Waals surface area contributed by atoms with Gasteiger partial charge in [0.2, 0.25) is 5.88 Å². The van der Waals surface area contributed by atoms with Crippen molar-refractivity contribution in [3.8, 4) is 5.88 Å². The number of rotatable bonds is 3. The van der Waals surface area contributed by atoms with Crippen LogP contribution in [0.3, 0.4) is 0 Å².